The summed E-state index contributed by atoms with van der Waals surface area (Å²) in [6.07, 6.45) is 0.921. The first-order chi connectivity index (χ1) is 13.7. The Bertz CT molecular complexity index is 701. The molecule has 1 aromatic rings. The van der Waals surface area contributed by atoms with Gasteiger partial charge in [-0.05, 0) is 44.2 Å². The molecule has 0 spiro atoms. The normalized spacial score (nSPS) is 12.6. The van der Waals surface area contributed by atoms with Gasteiger partial charge in [0, 0.05) is 32.3 Å². The van der Waals surface area contributed by atoms with Gasteiger partial charge in [-0.2, -0.15) is 0 Å². The summed E-state index contributed by atoms with van der Waals surface area (Å²) in [6, 6.07) is 7.43. The maximum Gasteiger partial charge on any atom is 0.216 e. The average Bonchev–Trinajstić information content (AvgIpc) is 2.62. The molecule has 0 unspecified atom stereocenters. The molecule has 0 aliphatic rings. The van der Waals surface area contributed by atoms with Crippen LogP contribution in [0.25, 0.3) is 0 Å². The highest BCUT2D eigenvalue weighted by atomic mass is 32.2. The van der Waals surface area contributed by atoms with E-state index in [4.69, 9.17) is 4.74 Å². The van der Waals surface area contributed by atoms with Gasteiger partial charge in [-0.15, -0.1) is 0 Å². The fourth-order valence-corrected chi connectivity index (χ4v) is 4.01. The zero-order valence-electron chi connectivity index (χ0n) is 18.5. The second-order valence-corrected chi connectivity index (χ2v) is 9.55. The van der Waals surface area contributed by atoms with Crippen LogP contribution in [0.15, 0.2) is 29.3 Å². The molecule has 0 radical (unpaired) electrons. The number of nitrogens with one attached hydrogen (secondary N) is 3. The number of rotatable bonds is 13. The highest BCUT2D eigenvalue weighted by Crippen LogP contribution is 2.09. The van der Waals surface area contributed by atoms with Crippen molar-refractivity contribution in [2.24, 2.45) is 10.9 Å². The van der Waals surface area contributed by atoms with Crippen LogP contribution < -0.4 is 15.4 Å². The van der Waals surface area contributed by atoms with E-state index >= 15 is 0 Å². The van der Waals surface area contributed by atoms with Crippen molar-refractivity contribution in [3.63, 3.8) is 0 Å². The average molecular weight is 427 g/mol. The SMILES string of the molecule is CCNC(=NCc1ccc(CS(=O)(=O)NC(C)C)cc1)NCCCOCC(C)C. The molecular weight excluding hydrogens is 388 g/mol. The fourth-order valence-electron chi connectivity index (χ4n) is 2.57. The summed E-state index contributed by atoms with van der Waals surface area (Å²) in [5, 5.41) is 6.54. The van der Waals surface area contributed by atoms with Crippen molar-refractivity contribution in [3.8, 4) is 0 Å². The lowest BCUT2D eigenvalue weighted by molar-refractivity contribution is 0.108. The van der Waals surface area contributed by atoms with Gasteiger partial charge < -0.3 is 15.4 Å². The number of ether oxygens (including phenoxy) is 1. The maximum absolute atomic E-state index is 12.0. The van der Waals surface area contributed by atoms with Gasteiger partial charge in [0.25, 0.3) is 0 Å². The Labute approximate surface area is 176 Å². The van der Waals surface area contributed by atoms with E-state index in [0.29, 0.717) is 12.5 Å². The minimum atomic E-state index is -3.31. The van der Waals surface area contributed by atoms with Gasteiger partial charge in [-0.25, -0.2) is 18.1 Å². The lowest BCUT2D eigenvalue weighted by atomic mass is 10.1. The lowest BCUT2D eigenvalue weighted by Gasteiger charge is -2.12. The molecule has 0 bridgehead atoms. The third-order valence-electron chi connectivity index (χ3n) is 3.77. The van der Waals surface area contributed by atoms with Crippen molar-refractivity contribution in [1.82, 2.24) is 15.4 Å². The molecule has 7 nitrogen and oxygen atoms in total. The van der Waals surface area contributed by atoms with Crippen LogP contribution in [0.1, 0.15) is 52.2 Å². The van der Waals surface area contributed by atoms with E-state index in [1.807, 2.05) is 45.0 Å². The summed E-state index contributed by atoms with van der Waals surface area (Å²) < 4.78 is 32.2. The number of benzene rings is 1. The Morgan fingerprint density at radius 2 is 1.72 bits per heavy atom. The Kier molecular flexibility index (Phi) is 11.9. The molecule has 166 valence electrons. The molecule has 0 fully saturated rings. The van der Waals surface area contributed by atoms with Crippen molar-refractivity contribution in [2.45, 2.75) is 59.4 Å². The summed E-state index contributed by atoms with van der Waals surface area (Å²) >= 11 is 0. The molecule has 1 rings (SSSR count). The van der Waals surface area contributed by atoms with Crippen LogP contribution in [0.4, 0.5) is 0 Å². The summed E-state index contributed by atoms with van der Waals surface area (Å²) in [5.74, 6) is 1.31. The van der Waals surface area contributed by atoms with Crippen molar-refractivity contribution >= 4 is 16.0 Å². The minimum Gasteiger partial charge on any atom is -0.381 e. The van der Waals surface area contributed by atoms with E-state index in [0.717, 1.165) is 49.8 Å². The van der Waals surface area contributed by atoms with E-state index in [9.17, 15) is 8.42 Å². The molecule has 0 aliphatic heterocycles. The number of aliphatic imine (C=N–C) groups is 1. The van der Waals surface area contributed by atoms with E-state index in [1.165, 1.54) is 0 Å². The predicted molar refractivity (Wildman–Crippen MR) is 120 cm³/mol. The topological polar surface area (TPSA) is 91.8 Å². The Hall–Kier alpha value is -1.64. The predicted octanol–water partition coefficient (Wildman–Crippen LogP) is 2.63. The first-order valence-corrected chi connectivity index (χ1v) is 12.0. The van der Waals surface area contributed by atoms with Gasteiger partial charge in [-0.1, -0.05) is 38.1 Å². The van der Waals surface area contributed by atoms with E-state index in [-0.39, 0.29) is 11.8 Å². The molecule has 0 saturated heterocycles. The number of guanidine groups is 1. The van der Waals surface area contributed by atoms with E-state index in [1.54, 1.807) is 0 Å². The smallest absolute Gasteiger partial charge is 0.216 e. The van der Waals surface area contributed by atoms with Crippen LogP contribution in [-0.2, 0) is 27.1 Å². The van der Waals surface area contributed by atoms with Crippen LogP contribution in [-0.4, -0.2) is 46.7 Å². The first kappa shape index (κ1) is 25.4. The van der Waals surface area contributed by atoms with Crippen LogP contribution in [0, 0.1) is 5.92 Å². The third-order valence-corrected chi connectivity index (χ3v) is 5.31. The van der Waals surface area contributed by atoms with Crippen molar-refractivity contribution in [2.75, 3.05) is 26.3 Å². The molecular formula is C21H38N4O3S. The molecule has 0 heterocycles. The van der Waals surface area contributed by atoms with Crippen LogP contribution in [0.2, 0.25) is 0 Å². The van der Waals surface area contributed by atoms with E-state index in [2.05, 4.69) is 34.2 Å². The molecule has 29 heavy (non-hydrogen) atoms. The second-order valence-electron chi connectivity index (χ2n) is 7.79. The zero-order chi connectivity index (χ0) is 21.7. The van der Waals surface area contributed by atoms with Gasteiger partial charge in [-0.3, -0.25) is 0 Å². The number of sulfonamides is 1. The van der Waals surface area contributed by atoms with Crippen molar-refractivity contribution in [3.05, 3.63) is 35.4 Å². The highest BCUT2D eigenvalue weighted by Gasteiger charge is 2.12. The number of hydrogen-bond donors (Lipinski definition) is 3. The van der Waals surface area contributed by atoms with Crippen LogP contribution >= 0.6 is 0 Å². The van der Waals surface area contributed by atoms with Gasteiger partial charge in [0.1, 0.15) is 0 Å². The second kappa shape index (κ2) is 13.6. The third kappa shape index (κ3) is 12.5. The summed E-state index contributed by atoms with van der Waals surface area (Å²) in [4.78, 5) is 4.60. The first-order valence-electron chi connectivity index (χ1n) is 10.4. The Balaban J connectivity index is 2.50. The molecule has 8 heteroatoms. The fraction of sp³-hybridized carbons (Fsp3) is 0.667. The molecule has 0 amide bonds. The maximum atomic E-state index is 12.0. The molecule has 0 saturated carbocycles. The van der Waals surface area contributed by atoms with Crippen molar-refractivity contribution < 1.29 is 13.2 Å². The van der Waals surface area contributed by atoms with Gasteiger partial charge in [0.15, 0.2) is 5.96 Å². The Morgan fingerprint density at radius 1 is 1.07 bits per heavy atom. The zero-order valence-corrected chi connectivity index (χ0v) is 19.3. The number of hydrogen-bond acceptors (Lipinski definition) is 4. The summed E-state index contributed by atoms with van der Waals surface area (Å²) in [5.41, 5.74) is 1.79. The standard InChI is InChI=1S/C21H38N4O3S/c1-6-22-21(23-12-7-13-28-15-17(2)3)24-14-19-8-10-20(11-9-19)16-29(26,27)25-18(4)5/h8-11,17-18,25H,6-7,12-16H2,1-5H3,(H2,22,23,24). The lowest BCUT2D eigenvalue weighted by Crippen LogP contribution is -2.38. The summed E-state index contributed by atoms with van der Waals surface area (Å²) in [6.45, 7) is 13.6. The van der Waals surface area contributed by atoms with Crippen LogP contribution in [0.3, 0.4) is 0 Å². The highest BCUT2D eigenvalue weighted by molar-refractivity contribution is 7.88. The quantitative estimate of drug-likeness (QED) is 0.256. The van der Waals surface area contributed by atoms with Gasteiger partial charge in [0.05, 0.1) is 12.3 Å². The molecule has 0 atom stereocenters. The van der Waals surface area contributed by atoms with Crippen LogP contribution in [0.5, 0.6) is 0 Å². The molecule has 0 aromatic heterocycles. The molecule has 3 N–H and O–H groups in total. The molecule has 0 aliphatic carbocycles. The summed E-state index contributed by atoms with van der Waals surface area (Å²) in [7, 11) is -3.31. The monoisotopic (exact) mass is 426 g/mol. The van der Waals surface area contributed by atoms with Crippen molar-refractivity contribution in [1.29, 1.82) is 0 Å². The number of nitrogens with zero attached hydrogens (tertiary/aromatic N) is 1. The Morgan fingerprint density at radius 3 is 2.31 bits per heavy atom. The van der Waals surface area contributed by atoms with E-state index < -0.39 is 10.0 Å². The van der Waals surface area contributed by atoms with Gasteiger partial charge >= 0.3 is 0 Å². The molecule has 1 aromatic carbocycles. The van der Waals surface area contributed by atoms with Gasteiger partial charge in [0.2, 0.25) is 10.0 Å². The minimum absolute atomic E-state index is 0.0161. The largest absolute Gasteiger partial charge is 0.381 e.